The van der Waals surface area contributed by atoms with Crippen LogP contribution in [0.25, 0.3) is 0 Å². The van der Waals surface area contributed by atoms with Crippen LogP contribution in [0.1, 0.15) is 104 Å². The van der Waals surface area contributed by atoms with Crippen LogP contribution in [-0.4, -0.2) is 73.4 Å². The molecule has 8 nitrogen and oxygen atoms in total. The van der Waals surface area contributed by atoms with E-state index in [9.17, 15) is 19.4 Å². The van der Waals surface area contributed by atoms with Crippen molar-refractivity contribution in [3.05, 3.63) is 24.3 Å². The van der Waals surface area contributed by atoms with Crippen LogP contribution in [0.2, 0.25) is 0 Å². The Kier molecular flexibility index (Phi) is 22.1. The molecule has 1 amide bonds. The SMILES string of the molecule is CCC/C=C/CC/C=C/C(O)C(COP(=O)(O)OCC[N+](C)(C)C)NC(=O)CCCCCCCCCCC. The number of aliphatic hydroxyl groups is 1. The molecule has 0 saturated carbocycles. The number of carbonyl (C=O) groups excluding carboxylic acids is 1. The third kappa shape index (κ3) is 24.1. The molecule has 9 heteroatoms. The number of quaternary nitrogens is 1. The molecule has 0 fully saturated rings. The maximum Gasteiger partial charge on any atom is 0.472 e. The van der Waals surface area contributed by atoms with Gasteiger partial charge in [0, 0.05) is 6.42 Å². The van der Waals surface area contributed by atoms with Gasteiger partial charge in [0.1, 0.15) is 13.2 Å². The molecular formula is C29H58N2O6P+. The number of nitrogens with one attached hydrogen (secondary N) is 1. The van der Waals surface area contributed by atoms with E-state index in [0.29, 0.717) is 17.4 Å². The quantitative estimate of drug-likeness (QED) is 0.0524. The van der Waals surface area contributed by atoms with Crippen molar-refractivity contribution in [1.82, 2.24) is 5.32 Å². The molecule has 0 saturated heterocycles. The van der Waals surface area contributed by atoms with E-state index in [0.717, 1.165) is 44.9 Å². The van der Waals surface area contributed by atoms with Crippen LogP contribution in [0.3, 0.4) is 0 Å². The largest absolute Gasteiger partial charge is 0.472 e. The van der Waals surface area contributed by atoms with E-state index in [1.165, 1.54) is 38.5 Å². The number of nitrogens with zero attached hydrogens (tertiary/aromatic N) is 1. The lowest BCUT2D eigenvalue weighted by molar-refractivity contribution is -0.870. The van der Waals surface area contributed by atoms with E-state index in [-0.39, 0.29) is 19.1 Å². The van der Waals surface area contributed by atoms with Gasteiger partial charge in [0.2, 0.25) is 5.91 Å². The summed E-state index contributed by atoms with van der Waals surface area (Å²) in [6.45, 7) is 4.61. The zero-order valence-electron chi connectivity index (χ0n) is 24.9. The molecule has 0 aromatic carbocycles. The summed E-state index contributed by atoms with van der Waals surface area (Å²) in [4.78, 5) is 22.6. The molecule has 0 aliphatic carbocycles. The molecule has 3 N–H and O–H groups in total. The molecule has 0 aromatic rings. The van der Waals surface area contributed by atoms with E-state index in [4.69, 9.17) is 9.05 Å². The molecule has 3 unspecified atom stereocenters. The van der Waals surface area contributed by atoms with Crippen molar-refractivity contribution in [3.8, 4) is 0 Å². The second-order valence-corrected chi connectivity index (χ2v) is 12.6. The van der Waals surface area contributed by atoms with Crippen molar-refractivity contribution < 1.29 is 32.9 Å². The number of carbonyl (C=O) groups is 1. The Morgan fingerprint density at radius 2 is 1.45 bits per heavy atom. The Morgan fingerprint density at radius 3 is 2.05 bits per heavy atom. The number of aliphatic hydroxyl groups excluding tert-OH is 1. The number of rotatable bonds is 25. The minimum absolute atomic E-state index is 0.0565. The summed E-state index contributed by atoms with van der Waals surface area (Å²) < 4.78 is 23.1. The standard InChI is InChI=1S/C29H57N2O6P/c1-6-8-10-12-14-15-17-19-21-23-29(33)30-27(28(32)22-20-18-16-13-11-9-7-2)26-37-38(34,35)36-25-24-31(3,4)5/h11,13,20,22,27-28,32H,6-10,12,14-19,21,23-26H2,1-5H3,(H-,30,33,34,35)/p+1/b13-11+,22-20+. The minimum atomic E-state index is -4.31. The summed E-state index contributed by atoms with van der Waals surface area (Å²) in [6, 6.07) is -0.851. The Hall–Kier alpha value is -1.02. The second-order valence-electron chi connectivity index (χ2n) is 11.1. The zero-order valence-corrected chi connectivity index (χ0v) is 25.8. The van der Waals surface area contributed by atoms with Gasteiger partial charge in [0.15, 0.2) is 0 Å². The fourth-order valence-electron chi connectivity index (χ4n) is 3.71. The van der Waals surface area contributed by atoms with Gasteiger partial charge >= 0.3 is 7.82 Å². The van der Waals surface area contributed by atoms with Gasteiger partial charge in [-0.05, 0) is 25.7 Å². The first-order valence-corrected chi connectivity index (χ1v) is 16.2. The van der Waals surface area contributed by atoms with Crippen molar-refractivity contribution in [2.24, 2.45) is 0 Å². The first-order chi connectivity index (χ1) is 18.0. The molecule has 0 aliphatic heterocycles. The lowest BCUT2D eigenvalue weighted by atomic mass is 10.1. The highest BCUT2D eigenvalue weighted by molar-refractivity contribution is 7.47. The Bertz CT molecular complexity index is 693. The molecule has 38 heavy (non-hydrogen) atoms. The third-order valence-corrected chi connectivity index (χ3v) is 7.14. The average molecular weight is 562 g/mol. The highest BCUT2D eigenvalue weighted by Crippen LogP contribution is 2.43. The van der Waals surface area contributed by atoms with Gasteiger partial charge in [-0.1, -0.05) is 95.9 Å². The van der Waals surface area contributed by atoms with Gasteiger partial charge in [0.05, 0.1) is 39.9 Å². The van der Waals surface area contributed by atoms with E-state index in [1.54, 1.807) is 6.08 Å². The molecule has 0 spiro atoms. The predicted octanol–water partition coefficient (Wildman–Crippen LogP) is 6.29. The fourth-order valence-corrected chi connectivity index (χ4v) is 4.44. The minimum Gasteiger partial charge on any atom is -0.387 e. The number of likely N-dealkylation sites (N-methyl/N-ethyl adjacent to an activating group) is 1. The van der Waals surface area contributed by atoms with Crippen molar-refractivity contribution in [2.75, 3.05) is 40.9 Å². The number of allylic oxidation sites excluding steroid dienone is 3. The first-order valence-electron chi connectivity index (χ1n) is 14.7. The van der Waals surface area contributed by atoms with E-state index >= 15 is 0 Å². The third-order valence-electron chi connectivity index (χ3n) is 6.16. The maximum atomic E-state index is 12.6. The van der Waals surface area contributed by atoms with Gasteiger partial charge in [-0.15, -0.1) is 0 Å². The summed E-state index contributed by atoms with van der Waals surface area (Å²) >= 11 is 0. The molecule has 224 valence electrons. The van der Waals surface area contributed by atoms with Crippen molar-refractivity contribution in [2.45, 2.75) is 116 Å². The van der Waals surface area contributed by atoms with Crippen LogP contribution in [0.15, 0.2) is 24.3 Å². The average Bonchev–Trinajstić information content (AvgIpc) is 2.84. The number of phosphoric ester groups is 1. The number of unbranched alkanes of at least 4 members (excludes halogenated alkanes) is 10. The fraction of sp³-hybridized carbons (Fsp3) is 0.828. The van der Waals surface area contributed by atoms with Gasteiger partial charge in [0.25, 0.3) is 0 Å². The Balaban J connectivity index is 4.72. The number of hydrogen-bond acceptors (Lipinski definition) is 5. The van der Waals surface area contributed by atoms with Crippen molar-refractivity contribution >= 4 is 13.7 Å². The van der Waals surface area contributed by atoms with Crippen LogP contribution < -0.4 is 5.32 Å². The number of hydrogen-bond donors (Lipinski definition) is 3. The summed E-state index contributed by atoms with van der Waals surface area (Å²) in [5, 5.41) is 13.5. The molecule has 0 heterocycles. The lowest BCUT2D eigenvalue weighted by Crippen LogP contribution is -2.45. The highest BCUT2D eigenvalue weighted by Gasteiger charge is 2.27. The summed E-state index contributed by atoms with van der Waals surface area (Å²) in [5.74, 6) is -0.199. The van der Waals surface area contributed by atoms with E-state index in [1.807, 2.05) is 27.2 Å². The van der Waals surface area contributed by atoms with Gasteiger partial charge in [-0.3, -0.25) is 13.8 Å². The van der Waals surface area contributed by atoms with Crippen LogP contribution in [-0.2, 0) is 18.4 Å². The smallest absolute Gasteiger partial charge is 0.387 e. The molecule has 0 bridgehead atoms. The molecule has 0 rings (SSSR count). The second kappa shape index (κ2) is 22.8. The van der Waals surface area contributed by atoms with Crippen LogP contribution in [0.4, 0.5) is 0 Å². The highest BCUT2D eigenvalue weighted by atomic mass is 31.2. The molecule has 3 atom stereocenters. The summed E-state index contributed by atoms with van der Waals surface area (Å²) in [5.41, 5.74) is 0. The molecule has 0 radical (unpaired) electrons. The van der Waals surface area contributed by atoms with E-state index < -0.39 is 20.0 Å². The molecule has 0 aliphatic rings. The van der Waals surface area contributed by atoms with E-state index in [2.05, 4.69) is 31.3 Å². The Labute approximate surface area is 233 Å². The van der Waals surface area contributed by atoms with Crippen molar-refractivity contribution in [1.29, 1.82) is 0 Å². The summed E-state index contributed by atoms with van der Waals surface area (Å²) in [6.07, 6.45) is 21.3. The topological polar surface area (TPSA) is 105 Å². The van der Waals surface area contributed by atoms with Gasteiger partial charge < -0.3 is 19.8 Å². The summed E-state index contributed by atoms with van der Waals surface area (Å²) in [7, 11) is 1.54. The Morgan fingerprint density at radius 1 is 0.868 bits per heavy atom. The molecular weight excluding hydrogens is 503 g/mol. The normalized spacial score (nSPS) is 15.7. The molecule has 0 aromatic heterocycles. The lowest BCUT2D eigenvalue weighted by Gasteiger charge is -2.25. The first kappa shape index (κ1) is 37.0. The monoisotopic (exact) mass is 561 g/mol. The predicted molar refractivity (Wildman–Crippen MR) is 157 cm³/mol. The van der Waals surface area contributed by atoms with Gasteiger partial charge in [-0.2, -0.15) is 0 Å². The van der Waals surface area contributed by atoms with Crippen LogP contribution in [0, 0.1) is 0 Å². The zero-order chi connectivity index (χ0) is 28.7. The van der Waals surface area contributed by atoms with Crippen LogP contribution >= 0.6 is 7.82 Å². The number of amides is 1. The van der Waals surface area contributed by atoms with Gasteiger partial charge in [-0.25, -0.2) is 4.57 Å². The van der Waals surface area contributed by atoms with Crippen LogP contribution in [0.5, 0.6) is 0 Å². The maximum absolute atomic E-state index is 12.6. The number of phosphoric acid groups is 1. The van der Waals surface area contributed by atoms with Crippen molar-refractivity contribution in [3.63, 3.8) is 0 Å².